The summed E-state index contributed by atoms with van der Waals surface area (Å²) in [6.45, 7) is 9.51. The molecule has 342 valence electrons. The fourth-order valence-corrected chi connectivity index (χ4v) is 10.2. The predicted octanol–water partition coefficient (Wildman–Crippen LogP) is 19.4. The van der Waals surface area contributed by atoms with Gasteiger partial charge in [0.1, 0.15) is 5.75 Å². The molecule has 1 nitrogen and oxygen atoms in total. The van der Waals surface area contributed by atoms with Crippen LogP contribution in [-0.4, -0.2) is 12.5 Å². The van der Waals surface area contributed by atoms with Crippen molar-refractivity contribution in [1.82, 2.24) is 0 Å². The van der Waals surface area contributed by atoms with E-state index in [0.29, 0.717) is 12.8 Å². The first-order chi connectivity index (χ1) is 31.7. The summed E-state index contributed by atoms with van der Waals surface area (Å²) in [7, 11) is 0. The monoisotopic (exact) mass is 873 g/mol. The minimum Gasteiger partial charge on any atom is -0.494 e. The van der Waals surface area contributed by atoms with E-state index in [1.807, 2.05) is 0 Å². The van der Waals surface area contributed by atoms with E-state index in [1.165, 1.54) is 68.1 Å². The molecular weight excluding hydrogens is 799 g/mol. The zero-order valence-corrected chi connectivity index (χ0v) is 40.0. The van der Waals surface area contributed by atoms with Crippen LogP contribution >= 0.6 is 0 Å². The van der Waals surface area contributed by atoms with Gasteiger partial charge in [-0.15, -0.1) is 0 Å². The fraction of sp³-hybridized carbons (Fsp3) is 0.419. The molecule has 6 aromatic carbocycles. The van der Waals surface area contributed by atoms with Crippen LogP contribution in [0.5, 0.6) is 5.75 Å². The highest BCUT2D eigenvalue weighted by molar-refractivity contribution is 5.87. The second kappa shape index (κ2) is 23.4. The van der Waals surface area contributed by atoms with Gasteiger partial charge < -0.3 is 4.74 Å². The topological polar surface area (TPSA) is 9.23 Å². The molecule has 7 rings (SSSR count). The van der Waals surface area contributed by atoms with Crippen LogP contribution in [0.15, 0.2) is 133 Å². The van der Waals surface area contributed by atoms with Crippen molar-refractivity contribution >= 4 is 0 Å². The van der Waals surface area contributed by atoms with Gasteiger partial charge in [0.25, 0.3) is 0 Å². The number of aryl methyl sites for hydroxylation is 1. The SMILES string of the molecule is CCCCCCCCOc1ccc(-c2ccc(-c3ccc4c(c3)C(CCCCCCCC)(CC(F)(F)CCCCCC)c3cc(-c5ccc(-c6ccc(C)cc6)cc5)ccc3-4)cc2)cc1. The van der Waals surface area contributed by atoms with Crippen molar-refractivity contribution in [2.45, 2.75) is 161 Å². The van der Waals surface area contributed by atoms with Gasteiger partial charge in [0.2, 0.25) is 5.92 Å². The molecule has 0 radical (unpaired) electrons. The van der Waals surface area contributed by atoms with Gasteiger partial charge in [0.05, 0.1) is 6.61 Å². The number of halogens is 2. The Labute approximate surface area is 391 Å². The lowest BCUT2D eigenvalue weighted by atomic mass is 9.69. The summed E-state index contributed by atoms with van der Waals surface area (Å²) in [6, 6.07) is 48.0. The first-order valence-corrected chi connectivity index (χ1v) is 25.4. The van der Waals surface area contributed by atoms with Crippen molar-refractivity contribution in [3.05, 3.63) is 150 Å². The Morgan fingerprint density at radius 2 is 0.785 bits per heavy atom. The number of benzene rings is 6. The standard InChI is InChI=1S/C62H74F2O/c1-5-8-11-14-16-18-41-61(46-62(63,64)42-19-13-10-7-3)59-44-54(52-29-25-49(26-30-52)48-23-21-47(4)22-24-48)35-39-57(59)58-40-36-55(45-60(58)61)53-31-27-50(28-32-53)51-33-37-56(38-34-51)65-43-20-17-15-12-9-6-2/h21-40,44-45H,5-20,41-43,46H2,1-4H3. The van der Waals surface area contributed by atoms with Crippen molar-refractivity contribution < 1.29 is 13.5 Å². The van der Waals surface area contributed by atoms with E-state index in [-0.39, 0.29) is 12.8 Å². The average molecular weight is 873 g/mol. The van der Waals surface area contributed by atoms with Gasteiger partial charge >= 0.3 is 0 Å². The Hall–Kier alpha value is -5.02. The molecule has 3 heteroatoms. The number of hydrogen-bond donors (Lipinski definition) is 0. The van der Waals surface area contributed by atoms with Gasteiger partial charge in [-0.05, 0) is 117 Å². The third kappa shape index (κ3) is 12.5. The first kappa shape index (κ1) is 47.9. The van der Waals surface area contributed by atoms with E-state index in [1.54, 1.807) is 0 Å². The van der Waals surface area contributed by atoms with Crippen LogP contribution in [0, 0.1) is 6.92 Å². The molecule has 65 heavy (non-hydrogen) atoms. The highest BCUT2D eigenvalue weighted by atomic mass is 19.3. The molecule has 0 heterocycles. The van der Waals surface area contributed by atoms with Crippen LogP contribution < -0.4 is 4.74 Å². The maximum atomic E-state index is 16.8. The third-order valence-electron chi connectivity index (χ3n) is 14.0. The Kier molecular flexibility index (Phi) is 17.3. The molecule has 1 aliphatic carbocycles. The summed E-state index contributed by atoms with van der Waals surface area (Å²) >= 11 is 0. The van der Waals surface area contributed by atoms with Gasteiger partial charge in [0, 0.05) is 18.3 Å². The fourth-order valence-electron chi connectivity index (χ4n) is 10.2. The van der Waals surface area contributed by atoms with E-state index < -0.39 is 11.3 Å². The van der Waals surface area contributed by atoms with E-state index in [0.717, 1.165) is 113 Å². The Morgan fingerprint density at radius 1 is 0.415 bits per heavy atom. The average Bonchev–Trinajstić information content (AvgIpc) is 3.59. The summed E-state index contributed by atoms with van der Waals surface area (Å²) < 4.78 is 39.7. The minimum absolute atomic E-state index is 0.0660. The number of hydrogen-bond acceptors (Lipinski definition) is 1. The molecule has 0 spiro atoms. The molecular formula is C62H74F2O. The van der Waals surface area contributed by atoms with Crippen molar-refractivity contribution in [3.63, 3.8) is 0 Å². The highest BCUT2D eigenvalue weighted by Crippen LogP contribution is 2.57. The summed E-state index contributed by atoms with van der Waals surface area (Å²) in [6.07, 6.45) is 18.2. The molecule has 0 N–H and O–H groups in total. The van der Waals surface area contributed by atoms with Crippen molar-refractivity contribution in [3.8, 4) is 61.4 Å². The lowest BCUT2D eigenvalue weighted by Crippen LogP contribution is -2.34. The first-order valence-electron chi connectivity index (χ1n) is 25.4. The predicted molar refractivity (Wildman–Crippen MR) is 274 cm³/mol. The van der Waals surface area contributed by atoms with E-state index in [9.17, 15) is 0 Å². The van der Waals surface area contributed by atoms with Crippen LogP contribution in [-0.2, 0) is 5.41 Å². The van der Waals surface area contributed by atoms with Crippen LogP contribution in [0.2, 0.25) is 0 Å². The molecule has 0 saturated heterocycles. The van der Waals surface area contributed by atoms with Gasteiger partial charge in [-0.25, -0.2) is 8.78 Å². The zero-order valence-electron chi connectivity index (χ0n) is 40.0. The largest absolute Gasteiger partial charge is 0.494 e. The van der Waals surface area contributed by atoms with Gasteiger partial charge in [-0.3, -0.25) is 0 Å². The Balaban J connectivity index is 1.20. The van der Waals surface area contributed by atoms with Gasteiger partial charge in [-0.2, -0.15) is 0 Å². The van der Waals surface area contributed by atoms with Crippen molar-refractivity contribution in [2.75, 3.05) is 6.61 Å². The maximum absolute atomic E-state index is 16.8. The second-order valence-electron chi connectivity index (χ2n) is 19.1. The van der Waals surface area contributed by atoms with Gasteiger partial charge in [0.15, 0.2) is 0 Å². The number of fused-ring (bicyclic) bond motifs is 3. The number of unbranched alkanes of at least 4 members (excludes halogenated alkanes) is 13. The summed E-state index contributed by atoms with van der Waals surface area (Å²) in [5, 5.41) is 0. The second-order valence-corrected chi connectivity index (χ2v) is 19.1. The molecule has 1 unspecified atom stereocenters. The molecule has 0 saturated carbocycles. The van der Waals surface area contributed by atoms with E-state index in [2.05, 4.69) is 161 Å². The smallest absolute Gasteiger partial charge is 0.249 e. The van der Waals surface area contributed by atoms with Crippen LogP contribution in [0.4, 0.5) is 8.78 Å². The zero-order chi connectivity index (χ0) is 45.5. The van der Waals surface area contributed by atoms with Crippen LogP contribution in [0.25, 0.3) is 55.6 Å². The molecule has 1 atom stereocenters. The molecule has 0 aliphatic heterocycles. The molecule has 6 aromatic rings. The van der Waals surface area contributed by atoms with Gasteiger partial charge in [-0.1, -0.05) is 225 Å². The summed E-state index contributed by atoms with van der Waals surface area (Å²) in [5.74, 6) is -1.88. The van der Waals surface area contributed by atoms with Crippen LogP contribution in [0.3, 0.4) is 0 Å². The lowest BCUT2D eigenvalue weighted by Gasteiger charge is -2.36. The van der Waals surface area contributed by atoms with Crippen molar-refractivity contribution in [2.24, 2.45) is 0 Å². The summed E-state index contributed by atoms with van der Waals surface area (Å²) in [4.78, 5) is 0. The van der Waals surface area contributed by atoms with E-state index in [4.69, 9.17) is 4.74 Å². The normalized spacial score (nSPS) is 14.4. The molecule has 0 fully saturated rings. The summed E-state index contributed by atoms with van der Waals surface area (Å²) in [5.41, 5.74) is 13.8. The maximum Gasteiger partial charge on any atom is 0.249 e. The quantitative estimate of drug-likeness (QED) is 0.0494. The molecule has 0 bridgehead atoms. The Morgan fingerprint density at radius 3 is 1.26 bits per heavy atom. The number of ether oxygens (including phenoxy) is 1. The molecule has 0 amide bonds. The number of rotatable bonds is 26. The van der Waals surface area contributed by atoms with Crippen molar-refractivity contribution in [1.29, 1.82) is 0 Å². The molecule has 0 aromatic heterocycles. The minimum atomic E-state index is -2.80. The van der Waals surface area contributed by atoms with E-state index >= 15 is 8.78 Å². The third-order valence-corrected chi connectivity index (χ3v) is 14.0. The Bertz CT molecular complexity index is 2360. The molecule has 1 aliphatic rings. The van der Waals surface area contributed by atoms with Crippen LogP contribution in [0.1, 0.15) is 159 Å². The number of alkyl halides is 2. The lowest BCUT2D eigenvalue weighted by molar-refractivity contribution is -0.0352. The highest BCUT2D eigenvalue weighted by Gasteiger charge is 2.49.